The maximum absolute atomic E-state index is 4.31. The van der Waals surface area contributed by atoms with Gasteiger partial charge in [0.15, 0.2) is 0 Å². The average molecular weight is 307 g/mol. The second-order valence-corrected chi connectivity index (χ2v) is 4.70. The zero-order valence-corrected chi connectivity index (χ0v) is 12.0. The smallest absolute Gasteiger partial charge is 0.139 e. The predicted octanol–water partition coefficient (Wildman–Crippen LogP) is 3.59. The highest BCUT2D eigenvalue weighted by molar-refractivity contribution is 9.10. The molecule has 0 aliphatic rings. The summed E-state index contributed by atoms with van der Waals surface area (Å²) < 4.78 is 1.04. The van der Waals surface area contributed by atoms with Gasteiger partial charge in [-0.05, 0) is 24.6 Å². The zero-order chi connectivity index (χ0) is 13.0. The van der Waals surface area contributed by atoms with Crippen molar-refractivity contribution in [2.75, 3.05) is 17.7 Å². The van der Waals surface area contributed by atoms with Crippen molar-refractivity contribution in [3.63, 3.8) is 0 Å². The molecule has 0 radical (unpaired) electrons. The Kier molecular flexibility index (Phi) is 4.15. The molecule has 5 heteroatoms. The van der Waals surface area contributed by atoms with Gasteiger partial charge in [-0.15, -0.1) is 0 Å². The van der Waals surface area contributed by atoms with E-state index in [9.17, 15) is 0 Å². The van der Waals surface area contributed by atoms with Gasteiger partial charge in [-0.25, -0.2) is 9.97 Å². The second kappa shape index (κ2) is 5.82. The molecule has 2 N–H and O–H groups in total. The number of nitrogens with one attached hydrogen (secondary N) is 2. The van der Waals surface area contributed by atoms with Crippen molar-refractivity contribution >= 4 is 33.3 Å². The van der Waals surface area contributed by atoms with Gasteiger partial charge < -0.3 is 10.6 Å². The molecule has 94 valence electrons. The summed E-state index contributed by atoms with van der Waals surface area (Å²) >= 11 is 3.45. The largest absolute Gasteiger partial charge is 0.373 e. The number of halogens is 1. The van der Waals surface area contributed by atoms with Crippen LogP contribution in [0.1, 0.15) is 12.5 Å². The van der Waals surface area contributed by atoms with Crippen LogP contribution < -0.4 is 10.6 Å². The molecule has 0 amide bonds. The van der Waals surface area contributed by atoms with Gasteiger partial charge in [0.1, 0.15) is 18.0 Å². The first-order valence-corrected chi connectivity index (χ1v) is 6.58. The van der Waals surface area contributed by atoms with Gasteiger partial charge in [-0.2, -0.15) is 0 Å². The van der Waals surface area contributed by atoms with E-state index in [2.05, 4.69) is 43.5 Å². The minimum absolute atomic E-state index is 0.843. The fraction of sp³-hybridized carbons (Fsp3) is 0.231. The highest BCUT2D eigenvalue weighted by Gasteiger charge is 2.08. The Morgan fingerprint density at radius 2 is 2.00 bits per heavy atom. The first kappa shape index (κ1) is 12.8. The molecule has 1 aromatic carbocycles. The Morgan fingerprint density at radius 1 is 1.22 bits per heavy atom. The first-order valence-electron chi connectivity index (χ1n) is 5.78. The Hall–Kier alpha value is -1.62. The van der Waals surface area contributed by atoms with Crippen molar-refractivity contribution in [1.82, 2.24) is 9.97 Å². The fourth-order valence-electron chi connectivity index (χ4n) is 1.77. The number of nitrogens with zero attached hydrogens (tertiary/aromatic N) is 2. The average Bonchev–Trinajstić information content (AvgIpc) is 2.38. The van der Waals surface area contributed by atoms with Crippen molar-refractivity contribution < 1.29 is 0 Å². The van der Waals surface area contributed by atoms with Crippen molar-refractivity contribution in [2.45, 2.75) is 13.3 Å². The second-order valence-electron chi connectivity index (χ2n) is 3.79. The van der Waals surface area contributed by atoms with Gasteiger partial charge in [-0.3, -0.25) is 0 Å². The quantitative estimate of drug-likeness (QED) is 0.906. The van der Waals surface area contributed by atoms with Crippen LogP contribution in [0.5, 0.6) is 0 Å². The number of benzene rings is 1. The summed E-state index contributed by atoms with van der Waals surface area (Å²) in [6.07, 6.45) is 2.43. The molecule has 4 nitrogen and oxygen atoms in total. The summed E-state index contributed by atoms with van der Waals surface area (Å²) in [4.78, 5) is 8.52. The lowest BCUT2D eigenvalue weighted by molar-refractivity contribution is 1.05. The van der Waals surface area contributed by atoms with Gasteiger partial charge in [0.05, 0.1) is 0 Å². The van der Waals surface area contributed by atoms with E-state index in [0.717, 1.165) is 33.8 Å². The van der Waals surface area contributed by atoms with E-state index in [1.807, 2.05) is 31.3 Å². The zero-order valence-electron chi connectivity index (χ0n) is 10.4. The monoisotopic (exact) mass is 306 g/mol. The first-order chi connectivity index (χ1) is 8.74. The molecule has 0 aliphatic heterocycles. The lowest BCUT2D eigenvalue weighted by Gasteiger charge is -2.12. The number of hydrogen-bond acceptors (Lipinski definition) is 4. The Bertz CT molecular complexity index is 542. The predicted molar refractivity (Wildman–Crippen MR) is 78.4 cm³/mol. The molecule has 0 saturated heterocycles. The van der Waals surface area contributed by atoms with Crippen molar-refractivity contribution in [3.8, 4) is 0 Å². The minimum atomic E-state index is 0.843. The SMILES string of the molecule is CCc1c(NC)ncnc1Nc1cccc(Br)c1. The molecule has 0 saturated carbocycles. The molecule has 0 atom stereocenters. The summed E-state index contributed by atoms with van der Waals surface area (Å²) in [5.74, 6) is 1.71. The van der Waals surface area contributed by atoms with Gasteiger partial charge in [0.25, 0.3) is 0 Å². The van der Waals surface area contributed by atoms with Crippen LogP contribution in [-0.4, -0.2) is 17.0 Å². The minimum Gasteiger partial charge on any atom is -0.373 e. The standard InChI is InChI=1S/C13H15BrN4/c1-3-11-12(15-2)16-8-17-13(11)18-10-6-4-5-9(14)7-10/h4-8H,3H2,1-2H3,(H2,15,16,17,18). The fourth-order valence-corrected chi connectivity index (χ4v) is 2.17. The van der Waals surface area contributed by atoms with Crippen molar-refractivity contribution in [1.29, 1.82) is 0 Å². The van der Waals surface area contributed by atoms with Gasteiger partial charge >= 0.3 is 0 Å². The lowest BCUT2D eigenvalue weighted by Crippen LogP contribution is -2.04. The summed E-state index contributed by atoms with van der Waals surface area (Å²) in [5, 5.41) is 6.40. The van der Waals surface area contributed by atoms with Crippen LogP contribution in [-0.2, 0) is 6.42 Å². The molecule has 2 aromatic rings. The molecule has 1 aromatic heterocycles. The molecule has 0 bridgehead atoms. The Labute approximate surface area is 115 Å². The third-order valence-corrected chi connectivity index (χ3v) is 3.12. The number of rotatable bonds is 4. The van der Waals surface area contributed by atoms with Crippen LogP contribution in [0.4, 0.5) is 17.3 Å². The van der Waals surface area contributed by atoms with Crippen LogP contribution in [0, 0.1) is 0 Å². The maximum Gasteiger partial charge on any atom is 0.139 e. The third kappa shape index (κ3) is 2.79. The maximum atomic E-state index is 4.31. The number of anilines is 3. The van der Waals surface area contributed by atoms with E-state index < -0.39 is 0 Å². The highest BCUT2D eigenvalue weighted by Crippen LogP contribution is 2.25. The molecule has 0 aliphatic carbocycles. The molecular formula is C13H15BrN4. The van der Waals surface area contributed by atoms with Gasteiger partial charge in [-0.1, -0.05) is 28.9 Å². The van der Waals surface area contributed by atoms with Crippen molar-refractivity contribution in [2.24, 2.45) is 0 Å². The van der Waals surface area contributed by atoms with E-state index in [0.29, 0.717) is 0 Å². The molecule has 0 unspecified atom stereocenters. The van der Waals surface area contributed by atoms with Crippen LogP contribution in [0.2, 0.25) is 0 Å². The molecular weight excluding hydrogens is 292 g/mol. The van der Waals surface area contributed by atoms with Gasteiger partial charge in [0, 0.05) is 22.8 Å². The van der Waals surface area contributed by atoms with Crippen LogP contribution >= 0.6 is 15.9 Å². The highest BCUT2D eigenvalue weighted by atomic mass is 79.9. The van der Waals surface area contributed by atoms with E-state index in [1.165, 1.54) is 0 Å². The Balaban J connectivity index is 2.34. The van der Waals surface area contributed by atoms with Crippen LogP contribution in [0.3, 0.4) is 0 Å². The summed E-state index contributed by atoms with van der Waals surface area (Å²) in [7, 11) is 1.87. The van der Waals surface area contributed by atoms with E-state index in [-0.39, 0.29) is 0 Å². The van der Waals surface area contributed by atoms with Gasteiger partial charge in [0.2, 0.25) is 0 Å². The molecule has 0 fully saturated rings. The van der Waals surface area contributed by atoms with E-state index in [4.69, 9.17) is 0 Å². The van der Waals surface area contributed by atoms with Crippen molar-refractivity contribution in [3.05, 3.63) is 40.6 Å². The normalized spacial score (nSPS) is 10.2. The third-order valence-electron chi connectivity index (χ3n) is 2.62. The molecule has 18 heavy (non-hydrogen) atoms. The lowest BCUT2D eigenvalue weighted by atomic mass is 10.2. The van der Waals surface area contributed by atoms with Crippen LogP contribution in [0.15, 0.2) is 35.1 Å². The summed E-state index contributed by atoms with van der Waals surface area (Å²) in [6, 6.07) is 8.00. The summed E-state index contributed by atoms with van der Waals surface area (Å²) in [5.41, 5.74) is 2.08. The molecule has 1 heterocycles. The van der Waals surface area contributed by atoms with E-state index in [1.54, 1.807) is 6.33 Å². The number of aromatic nitrogens is 2. The molecule has 0 spiro atoms. The Morgan fingerprint density at radius 3 is 2.67 bits per heavy atom. The van der Waals surface area contributed by atoms with Crippen LogP contribution in [0.25, 0.3) is 0 Å². The topological polar surface area (TPSA) is 49.8 Å². The van der Waals surface area contributed by atoms with E-state index >= 15 is 0 Å². The summed E-state index contributed by atoms with van der Waals surface area (Å²) in [6.45, 7) is 2.09. The molecule has 2 rings (SSSR count). The number of hydrogen-bond donors (Lipinski definition) is 2.